The molecule has 1 aliphatic rings. The Hall–Kier alpha value is -1.25. The highest BCUT2D eigenvalue weighted by molar-refractivity contribution is 5.69. The second kappa shape index (κ2) is 4.31. The number of hydrogen-bond donors (Lipinski definition) is 0. The zero-order valence-corrected chi connectivity index (χ0v) is 8.88. The third-order valence-electron chi connectivity index (χ3n) is 2.04. The monoisotopic (exact) mass is 195 g/mol. The van der Waals surface area contributed by atoms with Gasteiger partial charge >= 0.3 is 5.97 Å². The second-order valence-corrected chi connectivity index (χ2v) is 3.99. The van der Waals surface area contributed by atoms with Gasteiger partial charge in [-0.15, -0.1) is 0 Å². The molecule has 78 valence electrons. The number of rotatable bonds is 3. The molecule has 0 aromatic carbocycles. The Morgan fingerprint density at radius 2 is 1.93 bits per heavy atom. The standard InChI is InChI=1S/C11H17NO2/c1-8(2)7-11(13)14-12-9(3)5-6-10(12)4/h8H,3-7H2,1-2H3. The maximum Gasteiger partial charge on any atom is 0.333 e. The van der Waals surface area contributed by atoms with Crippen LogP contribution in [-0.4, -0.2) is 11.0 Å². The Bertz CT molecular complexity index is 252. The second-order valence-electron chi connectivity index (χ2n) is 3.99. The summed E-state index contributed by atoms with van der Waals surface area (Å²) in [4.78, 5) is 16.5. The molecule has 0 amide bonds. The molecule has 0 bridgehead atoms. The first-order valence-electron chi connectivity index (χ1n) is 4.87. The van der Waals surface area contributed by atoms with E-state index in [9.17, 15) is 4.79 Å². The molecule has 3 nitrogen and oxygen atoms in total. The van der Waals surface area contributed by atoms with Crippen molar-refractivity contribution in [1.82, 2.24) is 5.06 Å². The van der Waals surface area contributed by atoms with Crippen LogP contribution in [0.1, 0.15) is 33.1 Å². The summed E-state index contributed by atoms with van der Waals surface area (Å²) in [7, 11) is 0. The molecule has 0 spiro atoms. The van der Waals surface area contributed by atoms with Crippen LogP contribution in [-0.2, 0) is 9.63 Å². The van der Waals surface area contributed by atoms with Crippen molar-refractivity contribution in [1.29, 1.82) is 0 Å². The predicted molar refractivity (Wildman–Crippen MR) is 54.9 cm³/mol. The molecule has 3 heteroatoms. The van der Waals surface area contributed by atoms with Gasteiger partial charge in [-0.3, -0.25) is 0 Å². The highest BCUT2D eigenvalue weighted by Gasteiger charge is 2.23. The lowest BCUT2D eigenvalue weighted by Gasteiger charge is -2.19. The van der Waals surface area contributed by atoms with E-state index >= 15 is 0 Å². The van der Waals surface area contributed by atoms with Gasteiger partial charge in [0, 0.05) is 0 Å². The van der Waals surface area contributed by atoms with Crippen molar-refractivity contribution in [2.75, 3.05) is 0 Å². The quantitative estimate of drug-likeness (QED) is 0.693. The Kier molecular flexibility index (Phi) is 3.33. The van der Waals surface area contributed by atoms with Gasteiger partial charge in [0.25, 0.3) is 0 Å². The average Bonchev–Trinajstić information content (AvgIpc) is 2.34. The van der Waals surface area contributed by atoms with Gasteiger partial charge in [-0.1, -0.05) is 27.0 Å². The zero-order valence-electron chi connectivity index (χ0n) is 8.88. The van der Waals surface area contributed by atoms with E-state index in [1.807, 2.05) is 13.8 Å². The number of hydroxylamine groups is 2. The van der Waals surface area contributed by atoms with Crippen LogP contribution in [0.2, 0.25) is 0 Å². The summed E-state index contributed by atoms with van der Waals surface area (Å²) < 4.78 is 0. The molecule has 0 N–H and O–H groups in total. The molecular weight excluding hydrogens is 178 g/mol. The molecule has 1 saturated heterocycles. The first kappa shape index (κ1) is 10.8. The molecule has 14 heavy (non-hydrogen) atoms. The third kappa shape index (κ3) is 2.62. The van der Waals surface area contributed by atoms with Crippen molar-refractivity contribution in [3.63, 3.8) is 0 Å². The molecule has 1 fully saturated rings. The zero-order chi connectivity index (χ0) is 10.7. The molecule has 0 atom stereocenters. The van der Waals surface area contributed by atoms with E-state index in [4.69, 9.17) is 4.84 Å². The number of carbonyl (C=O) groups excluding carboxylic acids is 1. The molecule has 0 aromatic rings. The number of carbonyl (C=O) groups is 1. The van der Waals surface area contributed by atoms with E-state index in [2.05, 4.69) is 13.2 Å². The van der Waals surface area contributed by atoms with Crippen LogP contribution in [0.25, 0.3) is 0 Å². The summed E-state index contributed by atoms with van der Waals surface area (Å²) in [6, 6.07) is 0. The number of nitrogens with zero attached hydrogens (tertiary/aromatic N) is 1. The van der Waals surface area contributed by atoms with Crippen LogP contribution < -0.4 is 0 Å². The third-order valence-corrected chi connectivity index (χ3v) is 2.04. The van der Waals surface area contributed by atoms with Crippen LogP contribution in [0.4, 0.5) is 0 Å². The molecule has 0 aliphatic carbocycles. The highest BCUT2D eigenvalue weighted by Crippen LogP contribution is 2.28. The van der Waals surface area contributed by atoms with Gasteiger partial charge in [-0.05, 0) is 18.8 Å². The Balaban J connectivity index is 2.47. The van der Waals surface area contributed by atoms with Crippen molar-refractivity contribution in [2.24, 2.45) is 5.92 Å². The maximum absolute atomic E-state index is 11.4. The van der Waals surface area contributed by atoms with Gasteiger partial charge in [0.1, 0.15) is 0 Å². The lowest BCUT2D eigenvalue weighted by atomic mass is 10.1. The van der Waals surface area contributed by atoms with Crippen molar-refractivity contribution >= 4 is 5.97 Å². The lowest BCUT2D eigenvalue weighted by Crippen LogP contribution is -2.21. The predicted octanol–water partition coefficient (Wildman–Crippen LogP) is 2.61. The lowest BCUT2D eigenvalue weighted by molar-refractivity contribution is -0.173. The summed E-state index contributed by atoms with van der Waals surface area (Å²) in [6.45, 7) is 11.6. The van der Waals surface area contributed by atoms with Gasteiger partial charge in [0.05, 0.1) is 17.8 Å². The molecule has 1 heterocycles. The van der Waals surface area contributed by atoms with Crippen LogP contribution >= 0.6 is 0 Å². The number of hydrogen-bond acceptors (Lipinski definition) is 3. The Morgan fingerprint density at radius 1 is 1.43 bits per heavy atom. The minimum Gasteiger partial charge on any atom is -0.337 e. The topological polar surface area (TPSA) is 29.5 Å². The molecule has 0 aromatic heterocycles. The van der Waals surface area contributed by atoms with E-state index in [1.54, 1.807) is 0 Å². The van der Waals surface area contributed by atoms with E-state index in [-0.39, 0.29) is 5.97 Å². The fourth-order valence-electron chi connectivity index (χ4n) is 1.32. The minimum absolute atomic E-state index is 0.218. The summed E-state index contributed by atoms with van der Waals surface area (Å²) in [5.41, 5.74) is 1.62. The fourth-order valence-corrected chi connectivity index (χ4v) is 1.32. The van der Waals surface area contributed by atoms with Crippen molar-refractivity contribution in [3.8, 4) is 0 Å². The van der Waals surface area contributed by atoms with Crippen molar-refractivity contribution in [3.05, 3.63) is 24.6 Å². The van der Waals surface area contributed by atoms with E-state index in [0.29, 0.717) is 12.3 Å². The highest BCUT2D eigenvalue weighted by atomic mass is 16.7. The number of allylic oxidation sites excluding steroid dienone is 2. The first-order chi connectivity index (χ1) is 6.50. The van der Waals surface area contributed by atoms with Crippen molar-refractivity contribution < 1.29 is 9.63 Å². The van der Waals surface area contributed by atoms with E-state index < -0.39 is 0 Å². The van der Waals surface area contributed by atoms with Gasteiger partial charge in [-0.25, -0.2) is 4.79 Å². The summed E-state index contributed by atoms with van der Waals surface area (Å²) in [6.07, 6.45) is 2.08. The molecule has 0 unspecified atom stereocenters. The summed E-state index contributed by atoms with van der Waals surface area (Å²) in [5.74, 6) is 0.0934. The fraction of sp³-hybridized carbons (Fsp3) is 0.545. The molecule has 1 rings (SSSR count). The van der Waals surface area contributed by atoms with Crippen molar-refractivity contribution in [2.45, 2.75) is 33.1 Å². The minimum atomic E-state index is -0.218. The van der Waals surface area contributed by atoms with Gasteiger partial charge in [0.2, 0.25) is 0 Å². The van der Waals surface area contributed by atoms with Gasteiger partial charge < -0.3 is 4.84 Å². The van der Waals surface area contributed by atoms with Gasteiger partial charge in [-0.2, -0.15) is 5.06 Å². The first-order valence-corrected chi connectivity index (χ1v) is 4.87. The molecule has 1 aliphatic heterocycles. The maximum atomic E-state index is 11.4. The smallest absolute Gasteiger partial charge is 0.333 e. The molecule has 0 saturated carbocycles. The Labute approximate surface area is 85.0 Å². The summed E-state index contributed by atoms with van der Waals surface area (Å²) >= 11 is 0. The molecular formula is C11H17NO2. The van der Waals surface area contributed by atoms with E-state index in [0.717, 1.165) is 24.2 Å². The van der Waals surface area contributed by atoms with Crippen LogP contribution in [0, 0.1) is 5.92 Å². The van der Waals surface area contributed by atoms with Gasteiger partial charge in [0.15, 0.2) is 0 Å². The average molecular weight is 195 g/mol. The van der Waals surface area contributed by atoms with E-state index in [1.165, 1.54) is 5.06 Å². The normalized spacial score (nSPS) is 16.6. The largest absolute Gasteiger partial charge is 0.337 e. The van der Waals surface area contributed by atoms with Crippen LogP contribution in [0.15, 0.2) is 24.6 Å². The Morgan fingerprint density at radius 3 is 2.36 bits per heavy atom. The SMILES string of the molecule is C=C1CCC(=C)N1OC(=O)CC(C)C. The molecule has 0 radical (unpaired) electrons. The van der Waals surface area contributed by atoms with Crippen LogP contribution in [0.3, 0.4) is 0 Å². The van der Waals surface area contributed by atoms with Crippen LogP contribution in [0.5, 0.6) is 0 Å². The summed E-state index contributed by atoms with van der Waals surface area (Å²) in [5, 5.41) is 1.46.